The average molecular weight is 230 g/mol. The third kappa shape index (κ3) is 3.43. The first-order chi connectivity index (χ1) is 8.25. The molecule has 1 aromatic heterocycles. The van der Waals surface area contributed by atoms with Crippen molar-refractivity contribution >= 4 is 0 Å². The standard InChI is InChI=1S/C14H18N2O/c1-11(2)13-5-3-12(4-6-13)7-15-8-14-9-16-10-17-14/h3-6,9-11,15H,7-8H2,1-2H3. The zero-order valence-corrected chi connectivity index (χ0v) is 10.3. The summed E-state index contributed by atoms with van der Waals surface area (Å²) in [7, 11) is 0. The van der Waals surface area contributed by atoms with Crippen LogP contribution in [0.15, 0.2) is 41.3 Å². The van der Waals surface area contributed by atoms with Crippen LogP contribution in [0.3, 0.4) is 0 Å². The molecule has 0 aliphatic heterocycles. The summed E-state index contributed by atoms with van der Waals surface area (Å²) >= 11 is 0. The van der Waals surface area contributed by atoms with Crippen LogP contribution >= 0.6 is 0 Å². The van der Waals surface area contributed by atoms with Crippen molar-refractivity contribution in [3.05, 3.63) is 53.7 Å². The van der Waals surface area contributed by atoms with Gasteiger partial charge >= 0.3 is 0 Å². The van der Waals surface area contributed by atoms with E-state index in [9.17, 15) is 0 Å². The van der Waals surface area contributed by atoms with E-state index in [0.29, 0.717) is 12.5 Å². The summed E-state index contributed by atoms with van der Waals surface area (Å²) < 4.78 is 5.15. The Hall–Kier alpha value is -1.61. The molecule has 0 aliphatic rings. The van der Waals surface area contributed by atoms with E-state index in [1.54, 1.807) is 6.20 Å². The van der Waals surface area contributed by atoms with Crippen LogP contribution in [0.2, 0.25) is 0 Å². The van der Waals surface area contributed by atoms with Gasteiger partial charge in [-0.05, 0) is 17.0 Å². The van der Waals surface area contributed by atoms with Crippen molar-refractivity contribution in [1.82, 2.24) is 10.3 Å². The van der Waals surface area contributed by atoms with Crippen molar-refractivity contribution in [2.24, 2.45) is 0 Å². The van der Waals surface area contributed by atoms with Crippen molar-refractivity contribution in [3.8, 4) is 0 Å². The van der Waals surface area contributed by atoms with E-state index in [0.717, 1.165) is 12.3 Å². The summed E-state index contributed by atoms with van der Waals surface area (Å²) in [5, 5.41) is 3.32. The van der Waals surface area contributed by atoms with Gasteiger partial charge < -0.3 is 9.73 Å². The summed E-state index contributed by atoms with van der Waals surface area (Å²) in [6.07, 6.45) is 3.18. The normalized spacial score (nSPS) is 11.0. The predicted molar refractivity (Wildman–Crippen MR) is 67.6 cm³/mol. The molecule has 0 spiro atoms. The highest BCUT2D eigenvalue weighted by Gasteiger charge is 1.99. The van der Waals surface area contributed by atoms with Crippen LogP contribution < -0.4 is 5.32 Å². The molecule has 0 saturated heterocycles. The Labute approximate surface area is 102 Å². The van der Waals surface area contributed by atoms with E-state index in [4.69, 9.17) is 4.42 Å². The van der Waals surface area contributed by atoms with Crippen molar-refractivity contribution in [2.75, 3.05) is 0 Å². The fraction of sp³-hybridized carbons (Fsp3) is 0.357. The Morgan fingerprint density at radius 3 is 2.53 bits per heavy atom. The first-order valence-electron chi connectivity index (χ1n) is 5.92. The molecule has 1 N–H and O–H groups in total. The molecule has 17 heavy (non-hydrogen) atoms. The highest BCUT2D eigenvalue weighted by atomic mass is 16.3. The van der Waals surface area contributed by atoms with E-state index in [1.807, 2.05) is 0 Å². The molecule has 0 amide bonds. The summed E-state index contributed by atoms with van der Waals surface area (Å²) in [6.45, 7) is 5.97. The fourth-order valence-corrected chi connectivity index (χ4v) is 1.68. The quantitative estimate of drug-likeness (QED) is 0.857. The second kappa shape index (κ2) is 5.64. The molecule has 0 radical (unpaired) electrons. The van der Waals surface area contributed by atoms with Crippen molar-refractivity contribution in [2.45, 2.75) is 32.9 Å². The van der Waals surface area contributed by atoms with Crippen molar-refractivity contribution in [1.29, 1.82) is 0 Å². The summed E-state index contributed by atoms with van der Waals surface area (Å²) in [6, 6.07) is 8.72. The Morgan fingerprint density at radius 1 is 1.18 bits per heavy atom. The van der Waals surface area contributed by atoms with E-state index in [-0.39, 0.29) is 0 Å². The lowest BCUT2D eigenvalue weighted by molar-refractivity contribution is 0.479. The highest BCUT2D eigenvalue weighted by Crippen LogP contribution is 2.14. The molecule has 0 atom stereocenters. The lowest BCUT2D eigenvalue weighted by Crippen LogP contribution is -2.12. The average Bonchev–Trinajstić information content (AvgIpc) is 2.83. The maximum Gasteiger partial charge on any atom is 0.180 e. The van der Waals surface area contributed by atoms with Gasteiger partial charge in [0.25, 0.3) is 0 Å². The van der Waals surface area contributed by atoms with Crippen molar-refractivity contribution in [3.63, 3.8) is 0 Å². The molecule has 0 saturated carbocycles. The van der Waals surface area contributed by atoms with Crippen LogP contribution in [0.5, 0.6) is 0 Å². The smallest absolute Gasteiger partial charge is 0.180 e. The second-order valence-corrected chi connectivity index (χ2v) is 4.47. The fourth-order valence-electron chi connectivity index (χ4n) is 1.68. The maximum absolute atomic E-state index is 5.15. The SMILES string of the molecule is CC(C)c1ccc(CNCc2cnco2)cc1. The molecule has 3 nitrogen and oxygen atoms in total. The van der Waals surface area contributed by atoms with Gasteiger partial charge in [0, 0.05) is 6.54 Å². The lowest BCUT2D eigenvalue weighted by atomic mass is 10.0. The molecule has 3 heteroatoms. The number of hydrogen-bond acceptors (Lipinski definition) is 3. The number of nitrogens with zero attached hydrogens (tertiary/aromatic N) is 1. The summed E-state index contributed by atoms with van der Waals surface area (Å²) in [5.41, 5.74) is 2.66. The van der Waals surface area contributed by atoms with Gasteiger partial charge in [-0.3, -0.25) is 0 Å². The number of hydrogen-bond donors (Lipinski definition) is 1. The minimum absolute atomic E-state index is 0.589. The minimum atomic E-state index is 0.589. The molecule has 90 valence electrons. The Balaban J connectivity index is 1.83. The van der Waals surface area contributed by atoms with E-state index < -0.39 is 0 Å². The molecule has 1 heterocycles. The van der Waals surface area contributed by atoms with Gasteiger partial charge in [0.05, 0.1) is 12.7 Å². The minimum Gasteiger partial charge on any atom is -0.447 e. The Morgan fingerprint density at radius 2 is 1.94 bits per heavy atom. The molecule has 1 aromatic carbocycles. The molecule has 0 unspecified atom stereocenters. The first kappa shape index (κ1) is 11.9. The van der Waals surface area contributed by atoms with Gasteiger partial charge in [-0.25, -0.2) is 4.98 Å². The summed E-state index contributed by atoms with van der Waals surface area (Å²) in [4.78, 5) is 3.87. The first-order valence-corrected chi connectivity index (χ1v) is 5.92. The van der Waals surface area contributed by atoms with Gasteiger partial charge in [-0.1, -0.05) is 38.1 Å². The topological polar surface area (TPSA) is 38.1 Å². The van der Waals surface area contributed by atoms with Crippen LogP contribution in [0.1, 0.15) is 36.7 Å². The second-order valence-electron chi connectivity index (χ2n) is 4.47. The molecule has 2 rings (SSSR count). The van der Waals surface area contributed by atoms with Gasteiger partial charge in [0.1, 0.15) is 5.76 Å². The number of oxazole rings is 1. The van der Waals surface area contributed by atoms with Gasteiger partial charge in [0.2, 0.25) is 0 Å². The number of nitrogens with one attached hydrogen (secondary N) is 1. The molecule has 0 fully saturated rings. The van der Waals surface area contributed by atoms with Gasteiger partial charge in [-0.15, -0.1) is 0 Å². The van der Waals surface area contributed by atoms with Crippen LogP contribution in [0.25, 0.3) is 0 Å². The zero-order chi connectivity index (χ0) is 12.1. The van der Waals surface area contributed by atoms with Gasteiger partial charge in [0.15, 0.2) is 6.39 Å². The predicted octanol–water partition coefficient (Wildman–Crippen LogP) is 3.09. The largest absolute Gasteiger partial charge is 0.447 e. The van der Waals surface area contributed by atoms with Gasteiger partial charge in [-0.2, -0.15) is 0 Å². The maximum atomic E-state index is 5.15. The monoisotopic (exact) mass is 230 g/mol. The van der Waals surface area contributed by atoms with Crippen LogP contribution in [-0.2, 0) is 13.1 Å². The number of rotatable bonds is 5. The van der Waals surface area contributed by atoms with E-state index in [2.05, 4.69) is 48.4 Å². The van der Waals surface area contributed by atoms with Crippen LogP contribution in [0, 0.1) is 0 Å². The number of benzene rings is 1. The molecule has 2 aromatic rings. The van der Waals surface area contributed by atoms with E-state index >= 15 is 0 Å². The van der Waals surface area contributed by atoms with Crippen LogP contribution in [-0.4, -0.2) is 4.98 Å². The Kier molecular flexibility index (Phi) is 3.94. The van der Waals surface area contributed by atoms with Crippen molar-refractivity contribution < 1.29 is 4.42 Å². The zero-order valence-electron chi connectivity index (χ0n) is 10.3. The molecule has 0 bridgehead atoms. The lowest BCUT2D eigenvalue weighted by Gasteiger charge is -2.07. The van der Waals surface area contributed by atoms with E-state index in [1.165, 1.54) is 17.5 Å². The van der Waals surface area contributed by atoms with Crippen LogP contribution in [0.4, 0.5) is 0 Å². The third-order valence-corrected chi connectivity index (χ3v) is 2.76. The Bertz CT molecular complexity index is 432. The molecule has 0 aliphatic carbocycles. The molecular weight excluding hydrogens is 212 g/mol. The third-order valence-electron chi connectivity index (χ3n) is 2.76. The highest BCUT2D eigenvalue weighted by molar-refractivity contribution is 5.24. The molecular formula is C14H18N2O. The number of aromatic nitrogens is 1. The summed E-state index contributed by atoms with van der Waals surface area (Å²) in [5.74, 6) is 1.45.